The lowest BCUT2D eigenvalue weighted by Gasteiger charge is -2.35. The van der Waals surface area contributed by atoms with Crippen LogP contribution in [0.4, 0.5) is 5.69 Å². The van der Waals surface area contributed by atoms with Gasteiger partial charge in [0.05, 0.1) is 31.4 Å². The minimum absolute atomic E-state index is 0.0176. The first-order chi connectivity index (χ1) is 12.5. The first-order valence-corrected chi connectivity index (χ1v) is 8.76. The molecule has 0 saturated carbocycles. The summed E-state index contributed by atoms with van der Waals surface area (Å²) in [6, 6.07) is 11.4. The van der Waals surface area contributed by atoms with Crippen LogP contribution in [0.3, 0.4) is 0 Å². The van der Waals surface area contributed by atoms with Gasteiger partial charge in [0.25, 0.3) is 0 Å². The molecule has 1 N–H and O–H groups in total. The summed E-state index contributed by atoms with van der Waals surface area (Å²) in [6.45, 7) is 5.19. The second-order valence-electron chi connectivity index (χ2n) is 6.65. The van der Waals surface area contributed by atoms with E-state index in [9.17, 15) is 9.59 Å². The molecular formula is C20H24N2O4. The summed E-state index contributed by atoms with van der Waals surface area (Å²) in [5.41, 5.74) is 1.01. The lowest BCUT2D eigenvalue weighted by Crippen LogP contribution is -2.49. The molecule has 1 aliphatic heterocycles. The van der Waals surface area contributed by atoms with E-state index in [0.717, 1.165) is 10.8 Å². The number of benzene rings is 2. The molecule has 2 aromatic carbocycles. The maximum absolute atomic E-state index is 12.6. The first kappa shape index (κ1) is 18.2. The molecule has 2 unspecified atom stereocenters. The molecule has 3 rings (SSSR count). The van der Waals surface area contributed by atoms with Crippen molar-refractivity contribution in [1.82, 2.24) is 4.90 Å². The zero-order chi connectivity index (χ0) is 18.7. The standard InChI is InChI=1S/C20H24N2O4/c1-13-11-22(12-14(2)26-13)19(23)10-21-18-9-16-7-5-4-6-15(16)8-17(18)20(24)25-3/h4-9,13-14,21H,10-12H2,1-3H3. The van der Waals surface area contributed by atoms with Gasteiger partial charge in [-0.1, -0.05) is 24.3 Å². The summed E-state index contributed by atoms with van der Waals surface area (Å²) < 4.78 is 10.6. The smallest absolute Gasteiger partial charge is 0.339 e. The number of fused-ring (bicyclic) bond motifs is 1. The molecule has 0 radical (unpaired) electrons. The number of esters is 1. The van der Waals surface area contributed by atoms with Gasteiger partial charge in [-0.3, -0.25) is 4.79 Å². The van der Waals surface area contributed by atoms with E-state index in [1.165, 1.54) is 7.11 Å². The Bertz CT molecular complexity index is 811. The van der Waals surface area contributed by atoms with Crippen LogP contribution in [-0.2, 0) is 14.3 Å². The van der Waals surface area contributed by atoms with Crippen molar-refractivity contribution in [3.8, 4) is 0 Å². The van der Waals surface area contributed by atoms with E-state index >= 15 is 0 Å². The topological polar surface area (TPSA) is 67.9 Å². The molecule has 1 fully saturated rings. The number of ether oxygens (including phenoxy) is 2. The Kier molecular flexibility index (Phi) is 5.42. The highest BCUT2D eigenvalue weighted by molar-refractivity contribution is 6.02. The third-order valence-electron chi connectivity index (χ3n) is 4.49. The molecule has 1 aliphatic rings. The zero-order valence-corrected chi connectivity index (χ0v) is 15.3. The Morgan fingerprint density at radius 1 is 1.15 bits per heavy atom. The van der Waals surface area contributed by atoms with Crippen molar-refractivity contribution in [2.24, 2.45) is 0 Å². The quantitative estimate of drug-likeness (QED) is 0.853. The van der Waals surface area contributed by atoms with Gasteiger partial charge in [0.2, 0.25) is 5.91 Å². The summed E-state index contributed by atoms with van der Waals surface area (Å²) in [4.78, 5) is 26.5. The van der Waals surface area contributed by atoms with Gasteiger partial charge in [0.1, 0.15) is 0 Å². The van der Waals surface area contributed by atoms with Crippen LogP contribution in [0, 0.1) is 0 Å². The van der Waals surface area contributed by atoms with E-state index in [0.29, 0.717) is 24.3 Å². The molecule has 26 heavy (non-hydrogen) atoms. The maximum atomic E-state index is 12.6. The third-order valence-corrected chi connectivity index (χ3v) is 4.49. The molecule has 0 spiro atoms. The fourth-order valence-electron chi connectivity index (χ4n) is 3.33. The molecule has 0 bridgehead atoms. The van der Waals surface area contributed by atoms with E-state index in [4.69, 9.17) is 9.47 Å². The lowest BCUT2D eigenvalue weighted by molar-refractivity contribution is -0.141. The van der Waals surface area contributed by atoms with Crippen LogP contribution in [-0.4, -0.2) is 55.7 Å². The number of amides is 1. The van der Waals surface area contributed by atoms with Crippen molar-refractivity contribution in [2.75, 3.05) is 32.1 Å². The summed E-state index contributed by atoms with van der Waals surface area (Å²) in [5, 5.41) is 5.05. The Labute approximate surface area is 153 Å². The summed E-state index contributed by atoms with van der Waals surface area (Å²) in [5.74, 6) is -0.449. The van der Waals surface area contributed by atoms with Crippen LogP contribution in [0.15, 0.2) is 36.4 Å². The Morgan fingerprint density at radius 2 is 1.77 bits per heavy atom. The van der Waals surface area contributed by atoms with Crippen molar-refractivity contribution < 1.29 is 19.1 Å². The Balaban J connectivity index is 1.79. The molecule has 2 atom stereocenters. The average molecular weight is 356 g/mol. The van der Waals surface area contributed by atoms with Gasteiger partial charge in [-0.2, -0.15) is 0 Å². The third kappa shape index (κ3) is 3.96. The van der Waals surface area contributed by atoms with Gasteiger partial charge < -0.3 is 19.7 Å². The molecule has 138 valence electrons. The molecule has 1 saturated heterocycles. The van der Waals surface area contributed by atoms with Crippen molar-refractivity contribution >= 4 is 28.3 Å². The van der Waals surface area contributed by atoms with Gasteiger partial charge in [0, 0.05) is 18.8 Å². The highest BCUT2D eigenvalue weighted by Crippen LogP contribution is 2.25. The molecule has 0 aliphatic carbocycles. The SMILES string of the molecule is COC(=O)c1cc2ccccc2cc1NCC(=O)N1CC(C)OC(C)C1. The summed E-state index contributed by atoms with van der Waals surface area (Å²) in [6.07, 6.45) is 0.0444. The number of nitrogens with one attached hydrogen (secondary N) is 1. The minimum atomic E-state index is -0.431. The second kappa shape index (κ2) is 7.74. The average Bonchev–Trinajstić information content (AvgIpc) is 2.63. The van der Waals surface area contributed by atoms with Crippen LogP contribution < -0.4 is 5.32 Å². The van der Waals surface area contributed by atoms with E-state index in [1.54, 1.807) is 11.0 Å². The highest BCUT2D eigenvalue weighted by atomic mass is 16.5. The largest absolute Gasteiger partial charge is 0.465 e. The van der Waals surface area contributed by atoms with Gasteiger partial charge in [-0.05, 0) is 36.8 Å². The fraction of sp³-hybridized carbons (Fsp3) is 0.400. The van der Waals surface area contributed by atoms with Crippen molar-refractivity contribution in [3.63, 3.8) is 0 Å². The molecule has 6 nitrogen and oxygen atoms in total. The van der Waals surface area contributed by atoms with E-state index in [-0.39, 0.29) is 24.7 Å². The van der Waals surface area contributed by atoms with Crippen LogP contribution in [0.2, 0.25) is 0 Å². The molecule has 6 heteroatoms. The summed E-state index contributed by atoms with van der Waals surface area (Å²) in [7, 11) is 1.35. The van der Waals surface area contributed by atoms with E-state index in [1.807, 2.05) is 44.2 Å². The Morgan fingerprint density at radius 3 is 2.38 bits per heavy atom. The van der Waals surface area contributed by atoms with E-state index < -0.39 is 5.97 Å². The predicted molar refractivity (Wildman–Crippen MR) is 100 cm³/mol. The number of carbonyl (C=O) groups is 2. The number of methoxy groups -OCH3 is 1. The molecular weight excluding hydrogens is 332 g/mol. The monoisotopic (exact) mass is 356 g/mol. The number of anilines is 1. The number of carbonyl (C=O) groups excluding carboxylic acids is 2. The number of nitrogens with zero attached hydrogens (tertiary/aromatic N) is 1. The van der Waals surface area contributed by atoms with Crippen LogP contribution in [0.5, 0.6) is 0 Å². The molecule has 1 amide bonds. The fourth-order valence-corrected chi connectivity index (χ4v) is 3.33. The van der Waals surface area contributed by atoms with E-state index in [2.05, 4.69) is 5.32 Å². The predicted octanol–water partition coefficient (Wildman–Crippen LogP) is 2.67. The van der Waals surface area contributed by atoms with Crippen molar-refractivity contribution in [3.05, 3.63) is 42.0 Å². The molecule has 1 heterocycles. The van der Waals surface area contributed by atoms with Gasteiger partial charge in [-0.15, -0.1) is 0 Å². The normalized spacial score (nSPS) is 20.0. The highest BCUT2D eigenvalue weighted by Gasteiger charge is 2.25. The van der Waals surface area contributed by atoms with Crippen LogP contribution in [0.1, 0.15) is 24.2 Å². The number of hydrogen-bond donors (Lipinski definition) is 1. The van der Waals surface area contributed by atoms with Gasteiger partial charge >= 0.3 is 5.97 Å². The van der Waals surface area contributed by atoms with Crippen LogP contribution >= 0.6 is 0 Å². The minimum Gasteiger partial charge on any atom is -0.465 e. The number of hydrogen-bond acceptors (Lipinski definition) is 5. The van der Waals surface area contributed by atoms with Gasteiger partial charge in [-0.25, -0.2) is 4.79 Å². The van der Waals surface area contributed by atoms with Crippen molar-refractivity contribution in [2.45, 2.75) is 26.1 Å². The lowest BCUT2D eigenvalue weighted by atomic mass is 10.0. The molecule has 0 aromatic heterocycles. The van der Waals surface area contributed by atoms with Crippen LogP contribution in [0.25, 0.3) is 10.8 Å². The summed E-state index contributed by atoms with van der Waals surface area (Å²) >= 11 is 0. The Hall–Kier alpha value is -2.60. The number of rotatable bonds is 4. The second-order valence-corrected chi connectivity index (χ2v) is 6.65. The molecule has 2 aromatic rings. The first-order valence-electron chi connectivity index (χ1n) is 8.76. The maximum Gasteiger partial charge on any atom is 0.339 e. The van der Waals surface area contributed by atoms with Gasteiger partial charge in [0.15, 0.2) is 0 Å². The number of morpholine rings is 1. The zero-order valence-electron chi connectivity index (χ0n) is 15.3. The van der Waals surface area contributed by atoms with Crippen molar-refractivity contribution in [1.29, 1.82) is 0 Å².